The first-order valence-electron chi connectivity index (χ1n) is 9.15. The van der Waals surface area contributed by atoms with Crippen molar-refractivity contribution in [3.8, 4) is 0 Å². The highest BCUT2D eigenvalue weighted by molar-refractivity contribution is 8.00. The fourth-order valence-corrected chi connectivity index (χ4v) is 5.58. The molecule has 1 aliphatic carbocycles. The van der Waals surface area contributed by atoms with Crippen LogP contribution in [0.4, 0.5) is 0 Å². The van der Waals surface area contributed by atoms with Crippen molar-refractivity contribution in [2.45, 2.75) is 57.1 Å². The monoisotopic (exact) mass is 350 g/mol. The largest absolute Gasteiger partial charge is 0.361 e. The second-order valence-electron chi connectivity index (χ2n) is 7.04. The number of hydrogen-bond donors (Lipinski definition) is 1. The summed E-state index contributed by atoms with van der Waals surface area (Å²) in [6.07, 6.45) is 7.84. The third-order valence-electron chi connectivity index (χ3n) is 5.36. The Bertz CT molecular complexity index is 553. The van der Waals surface area contributed by atoms with Gasteiger partial charge >= 0.3 is 0 Å². The van der Waals surface area contributed by atoms with E-state index in [1.54, 1.807) is 0 Å². The van der Waals surface area contributed by atoms with E-state index < -0.39 is 0 Å². The van der Waals surface area contributed by atoms with E-state index in [9.17, 15) is 0 Å². The van der Waals surface area contributed by atoms with Gasteiger partial charge in [-0.25, -0.2) is 0 Å². The molecule has 0 amide bonds. The van der Waals surface area contributed by atoms with Crippen LogP contribution in [-0.2, 0) is 6.42 Å². The normalized spacial score (nSPS) is 21.3. The molecule has 0 unspecified atom stereocenters. The number of aliphatic imine (C=N–C) groups is 1. The number of nitrogens with zero attached hydrogens (tertiary/aromatic N) is 3. The topological polar surface area (TPSA) is 53.7 Å². The minimum absolute atomic E-state index is 0.468. The minimum atomic E-state index is 0.468. The maximum Gasteiger partial charge on any atom is 0.193 e. The van der Waals surface area contributed by atoms with Gasteiger partial charge in [0.25, 0.3) is 0 Å². The van der Waals surface area contributed by atoms with E-state index in [2.05, 4.69) is 32.1 Å². The van der Waals surface area contributed by atoms with Gasteiger partial charge in [-0.2, -0.15) is 11.8 Å². The molecule has 0 aromatic carbocycles. The van der Waals surface area contributed by atoms with Gasteiger partial charge in [0, 0.05) is 42.7 Å². The predicted octanol–water partition coefficient (Wildman–Crippen LogP) is 3.16. The van der Waals surface area contributed by atoms with E-state index >= 15 is 0 Å². The summed E-state index contributed by atoms with van der Waals surface area (Å²) in [5, 5.41) is 7.59. The Morgan fingerprint density at radius 3 is 2.79 bits per heavy atom. The van der Waals surface area contributed by atoms with Crippen LogP contribution in [-0.4, -0.2) is 53.2 Å². The summed E-state index contributed by atoms with van der Waals surface area (Å²) in [6, 6.07) is 0. The Morgan fingerprint density at radius 2 is 2.12 bits per heavy atom. The lowest BCUT2D eigenvalue weighted by Crippen LogP contribution is -2.53. The number of rotatable bonds is 3. The van der Waals surface area contributed by atoms with Crippen molar-refractivity contribution in [2.24, 2.45) is 4.99 Å². The maximum atomic E-state index is 5.25. The average Bonchev–Trinajstić information content (AvgIpc) is 2.91. The van der Waals surface area contributed by atoms with Crippen LogP contribution in [0, 0.1) is 13.8 Å². The predicted molar refractivity (Wildman–Crippen MR) is 101 cm³/mol. The maximum absolute atomic E-state index is 5.25. The summed E-state index contributed by atoms with van der Waals surface area (Å²) in [6.45, 7) is 7.10. The Morgan fingerprint density at radius 1 is 1.33 bits per heavy atom. The Kier molecular flexibility index (Phi) is 5.74. The van der Waals surface area contributed by atoms with Crippen LogP contribution in [0.15, 0.2) is 9.52 Å². The smallest absolute Gasteiger partial charge is 0.193 e. The van der Waals surface area contributed by atoms with Crippen molar-refractivity contribution in [1.29, 1.82) is 0 Å². The van der Waals surface area contributed by atoms with Gasteiger partial charge in [0.1, 0.15) is 5.76 Å². The van der Waals surface area contributed by atoms with E-state index in [-0.39, 0.29) is 0 Å². The van der Waals surface area contributed by atoms with Crippen LogP contribution >= 0.6 is 11.8 Å². The number of thioether (sulfide) groups is 1. The van der Waals surface area contributed by atoms with Crippen LogP contribution in [0.3, 0.4) is 0 Å². The molecule has 3 rings (SSSR count). The average molecular weight is 351 g/mol. The zero-order chi connectivity index (χ0) is 17.0. The second-order valence-corrected chi connectivity index (χ2v) is 8.60. The van der Waals surface area contributed by atoms with Crippen LogP contribution in [0.2, 0.25) is 0 Å². The Balaban J connectivity index is 1.56. The molecular formula is C18H30N4OS. The molecule has 24 heavy (non-hydrogen) atoms. The zero-order valence-corrected chi connectivity index (χ0v) is 16.0. The molecule has 0 atom stereocenters. The fraction of sp³-hybridized carbons (Fsp3) is 0.778. The minimum Gasteiger partial charge on any atom is -0.361 e. The molecule has 1 spiro atoms. The van der Waals surface area contributed by atoms with Crippen molar-refractivity contribution < 1.29 is 4.52 Å². The third-order valence-corrected chi connectivity index (χ3v) is 6.90. The Labute approximate surface area is 149 Å². The van der Waals surface area contributed by atoms with Crippen molar-refractivity contribution in [1.82, 2.24) is 15.4 Å². The quantitative estimate of drug-likeness (QED) is 0.670. The molecule has 2 aliphatic rings. The molecule has 5 nitrogen and oxygen atoms in total. The van der Waals surface area contributed by atoms with Gasteiger partial charge in [-0.3, -0.25) is 4.99 Å². The van der Waals surface area contributed by atoms with E-state index in [4.69, 9.17) is 4.52 Å². The zero-order valence-electron chi connectivity index (χ0n) is 15.2. The SMILES string of the molecule is CN=C(NCCc1c(C)noc1C)N1CCSC2(CCCCC2)C1. The molecule has 1 aliphatic heterocycles. The van der Waals surface area contributed by atoms with Crippen LogP contribution < -0.4 is 5.32 Å². The van der Waals surface area contributed by atoms with Crippen molar-refractivity contribution in [3.05, 3.63) is 17.0 Å². The molecule has 0 bridgehead atoms. The van der Waals surface area contributed by atoms with Gasteiger partial charge < -0.3 is 14.7 Å². The summed E-state index contributed by atoms with van der Waals surface area (Å²) in [7, 11) is 1.90. The first-order valence-corrected chi connectivity index (χ1v) is 10.1. The van der Waals surface area contributed by atoms with Gasteiger partial charge in [0.05, 0.1) is 5.69 Å². The highest BCUT2D eigenvalue weighted by Crippen LogP contribution is 2.42. The van der Waals surface area contributed by atoms with Crippen LogP contribution in [0.5, 0.6) is 0 Å². The van der Waals surface area contributed by atoms with Gasteiger partial charge in [-0.15, -0.1) is 0 Å². The lowest BCUT2D eigenvalue weighted by Gasteiger charge is -2.45. The Hall–Kier alpha value is -1.17. The van der Waals surface area contributed by atoms with Gasteiger partial charge in [-0.05, 0) is 33.1 Å². The number of guanidine groups is 1. The summed E-state index contributed by atoms with van der Waals surface area (Å²) >= 11 is 2.20. The summed E-state index contributed by atoms with van der Waals surface area (Å²) < 4.78 is 5.72. The molecule has 134 valence electrons. The molecule has 2 fully saturated rings. The first-order chi connectivity index (χ1) is 11.6. The molecule has 1 N–H and O–H groups in total. The van der Waals surface area contributed by atoms with Crippen LogP contribution in [0.25, 0.3) is 0 Å². The van der Waals surface area contributed by atoms with Crippen molar-refractivity contribution in [2.75, 3.05) is 32.4 Å². The molecule has 1 saturated heterocycles. The summed E-state index contributed by atoms with van der Waals surface area (Å²) in [4.78, 5) is 7.00. The van der Waals surface area contributed by atoms with E-state index in [1.807, 2.05) is 20.9 Å². The molecule has 1 aromatic rings. The van der Waals surface area contributed by atoms with Crippen LogP contribution in [0.1, 0.15) is 49.1 Å². The number of aryl methyl sites for hydroxylation is 2. The summed E-state index contributed by atoms with van der Waals surface area (Å²) in [5.41, 5.74) is 2.22. The molecule has 1 saturated carbocycles. The van der Waals surface area contributed by atoms with E-state index in [0.29, 0.717) is 4.75 Å². The number of nitrogens with one attached hydrogen (secondary N) is 1. The second kappa shape index (κ2) is 7.81. The molecule has 6 heteroatoms. The lowest BCUT2D eigenvalue weighted by molar-refractivity contribution is 0.293. The van der Waals surface area contributed by atoms with E-state index in [0.717, 1.165) is 43.5 Å². The van der Waals surface area contributed by atoms with Gasteiger partial charge in [-0.1, -0.05) is 24.4 Å². The lowest BCUT2D eigenvalue weighted by atomic mass is 9.87. The van der Waals surface area contributed by atoms with Crippen molar-refractivity contribution >= 4 is 17.7 Å². The fourth-order valence-electron chi connectivity index (χ4n) is 4.01. The molecule has 0 radical (unpaired) electrons. The highest BCUT2D eigenvalue weighted by Gasteiger charge is 2.38. The summed E-state index contributed by atoms with van der Waals surface area (Å²) in [5.74, 6) is 3.19. The molecule has 1 aromatic heterocycles. The van der Waals surface area contributed by atoms with Gasteiger partial charge in [0.2, 0.25) is 0 Å². The molecular weight excluding hydrogens is 320 g/mol. The highest BCUT2D eigenvalue weighted by atomic mass is 32.2. The number of hydrogen-bond acceptors (Lipinski definition) is 4. The molecule has 2 heterocycles. The third kappa shape index (κ3) is 3.90. The van der Waals surface area contributed by atoms with Crippen molar-refractivity contribution in [3.63, 3.8) is 0 Å². The number of aromatic nitrogens is 1. The van der Waals surface area contributed by atoms with E-state index in [1.165, 1.54) is 43.4 Å². The van der Waals surface area contributed by atoms with Gasteiger partial charge in [0.15, 0.2) is 5.96 Å². The first kappa shape index (κ1) is 17.6. The standard InChI is InChI=1S/C18H30N4OS/c1-14-16(15(2)23-21-14)7-10-20-17(19-3)22-11-12-24-18(13-22)8-5-4-6-9-18/h4-13H2,1-3H3,(H,19,20).